The van der Waals surface area contributed by atoms with Crippen molar-refractivity contribution in [1.82, 2.24) is 14.9 Å². The standard InChI is InChI=1S/C26H31N3O4S/c1-33-19-5-6-24-22(15-19)21(8-11-28-24)25(30)7-4-18-9-12-29(17-23(18)26(31)32)13-14-34-20-3-2-10-27-16-20/h2-3,5-6,8,10-11,15-16,18,23,25,30H,4,7,9,12-14,17H2,1H3,(H,31,32)/t18-,23+,25?/m1/s1. The Labute approximate surface area is 204 Å². The van der Waals surface area contributed by atoms with Crippen molar-refractivity contribution >= 4 is 28.6 Å². The first-order valence-electron chi connectivity index (χ1n) is 11.6. The molecule has 3 heterocycles. The van der Waals surface area contributed by atoms with Crippen molar-refractivity contribution in [2.45, 2.75) is 30.3 Å². The Kier molecular flexibility index (Phi) is 8.37. The minimum absolute atomic E-state index is 0.0528. The quantitative estimate of drug-likeness (QED) is 0.415. The number of carboxylic acid groups (broad SMARTS) is 1. The SMILES string of the molecule is COc1ccc2nccc(C(O)CC[C@@H]3CCN(CCSc4cccnc4)C[C@@H]3C(=O)O)c2c1. The van der Waals surface area contributed by atoms with Gasteiger partial charge in [-0.05, 0) is 73.7 Å². The van der Waals surface area contributed by atoms with Crippen LogP contribution in [0.25, 0.3) is 10.9 Å². The molecule has 1 fully saturated rings. The molecule has 0 aliphatic carbocycles. The molecule has 0 saturated carbocycles. The van der Waals surface area contributed by atoms with Crippen molar-refractivity contribution < 1.29 is 19.7 Å². The summed E-state index contributed by atoms with van der Waals surface area (Å²) in [5, 5.41) is 21.7. The molecule has 1 saturated heterocycles. The summed E-state index contributed by atoms with van der Waals surface area (Å²) in [5.74, 6) is 0.507. The molecule has 3 atom stereocenters. The van der Waals surface area contributed by atoms with Crippen molar-refractivity contribution in [3.63, 3.8) is 0 Å². The lowest BCUT2D eigenvalue weighted by molar-refractivity contribution is -0.146. The Bertz CT molecular complexity index is 1100. The molecule has 0 bridgehead atoms. The number of nitrogens with zero attached hydrogens (tertiary/aromatic N) is 3. The van der Waals surface area contributed by atoms with E-state index in [4.69, 9.17) is 4.74 Å². The number of hydrogen-bond acceptors (Lipinski definition) is 7. The molecule has 2 aromatic heterocycles. The molecule has 1 unspecified atom stereocenters. The van der Waals surface area contributed by atoms with E-state index in [-0.39, 0.29) is 5.92 Å². The van der Waals surface area contributed by atoms with Crippen molar-refractivity contribution in [3.8, 4) is 5.75 Å². The molecule has 2 N–H and O–H groups in total. The summed E-state index contributed by atoms with van der Waals surface area (Å²) in [5.41, 5.74) is 1.61. The van der Waals surface area contributed by atoms with Crippen molar-refractivity contribution in [2.75, 3.05) is 32.5 Å². The van der Waals surface area contributed by atoms with Crippen LogP contribution >= 0.6 is 11.8 Å². The summed E-state index contributed by atoms with van der Waals surface area (Å²) in [4.78, 5) is 23.9. The van der Waals surface area contributed by atoms with Gasteiger partial charge >= 0.3 is 5.97 Å². The fourth-order valence-electron chi connectivity index (χ4n) is 4.71. The van der Waals surface area contributed by atoms with Gasteiger partial charge in [-0.3, -0.25) is 14.8 Å². The predicted molar refractivity (Wildman–Crippen MR) is 133 cm³/mol. The van der Waals surface area contributed by atoms with Crippen LogP contribution in [0.4, 0.5) is 0 Å². The van der Waals surface area contributed by atoms with Crippen LogP contribution in [0.3, 0.4) is 0 Å². The van der Waals surface area contributed by atoms with Crippen LogP contribution in [0, 0.1) is 11.8 Å². The molecular formula is C26H31N3O4S. The van der Waals surface area contributed by atoms with Gasteiger partial charge in [0, 0.05) is 47.7 Å². The number of piperidine rings is 1. The van der Waals surface area contributed by atoms with Gasteiger partial charge in [0.15, 0.2) is 0 Å². The minimum Gasteiger partial charge on any atom is -0.497 e. The third kappa shape index (κ3) is 6.05. The lowest BCUT2D eigenvalue weighted by Gasteiger charge is -2.37. The summed E-state index contributed by atoms with van der Waals surface area (Å²) in [6.45, 7) is 2.29. The number of aliphatic carboxylic acids is 1. The third-order valence-corrected chi connectivity index (χ3v) is 7.58. The topological polar surface area (TPSA) is 95.8 Å². The van der Waals surface area contributed by atoms with Crippen molar-refractivity contribution in [1.29, 1.82) is 0 Å². The molecule has 7 nitrogen and oxygen atoms in total. The van der Waals surface area contributed by atoms with E-state index in [1.807, 2.05) is 42.6 Å². The molecule has 34 heavy (non-hydrogen) atoms. The zero-order chi connectivity index (χ0) is 23.9. The summed E-state index contributed by atoms with van der Waals surface area (Å²) in [6, 6.07) is 11.4. The number of hydrogen-bond donors (Lipinski definition) is 2. The highest BCUT2D eigenvalue weighted by Gasteiger charge is 2.34. The first kappa shape index (κ1) is 24.4. The van der Waals surface area contributed by atoms with Gasteiger partial charge in [-0.1, -0.05) is 0 Å². The Morgan fingerprint density at radius 2 is 2.18 bits per heavy atom. The van der Waals surface area contributed by atoms with E-state index < -0.39 is 18.0 Å². The lowest BCUT2D eigenvalue weighted by atomic mass is 9.81. The van der Waals surface area contributed by atoms with E-state index >= 15 is 0 Å². The van der Waals surface area contributed by atoms with Gasteiger partial charge in [0.05, 0.1) is 24.6 Å². The molecule has 180 valence electrons. The van der Waals surface area contributed by atoms with Crippen LogP contribution in [0.2, 0.25) is 0 Å². The first-order valence-corrected chi connectivity index (χ1v) is 12.6. The Balaban J connectivity index is 1.34. The Morgan fingerprint density at radius 3 is 2.94 bits per heavy atom. The number of ether oxygens (including phenoxy) is 1. The number of aliphatic hydroxyl groups is 1. The van der Waals surface area contributed by atoms with Gasteiger partial charge in [-0.15, -0.1) is 11.8 Å². The average Bonchev–Trinajstić information content (AvgIpc) is 2.87. The zero-order valence-electron chi connectivity index (χ0n) is 19.3. The molecule has 8 heteroatoms. The zero-order valence-corrected chi connectivity index (χ0v) is 20.2. The number of benzene rings is 1. The largest absolute Gasteiger partial charge is 0.497 e. The highest BCUT2D eigenvalue weighted by atomic mass is 32.2. The first-order chi connectivity index (χ1) is 16.5. The van der Waals surface area contributed by atoms with Crippen molar-refractivity contribution in [2.24, 2.45) is 11.8 Å². The van der Waals surface area contributed by atoms with Gasteiger partial charge in [-0.25, -0.2) is 0 Å². The van der Waals surface area contributed by atoms with E-state index in [1.165, 1.54) is 0 Å². The number of likely N-dealkylation sites (tertiary alicyclic amines) is 1. The fraction of sp³-hybridized carbons (Fsp3) is 0.423. The summed E-state index contributed by atoms with van der Waals surface area (Å²) < 4.78 is 5.33. The summed E-state index contributed by atoms with van der Waals surface area (Å²) in [6.07, 6.45) is 6.65. The molecular weight excluding hydrogens is 450 g/mol. The highest BCUT2D eigenvalue weighted by Crippen LogP contribution is 2.34. The number of thioether (sulfide) groups is 1. The van der Waals surface area contributed by atoms with Crippen molar-refractivity contribution in [3.05, 3.63) is 60.6 Å². The van der Waals surface area contributed by atoms with E-state index in [1.54, 1.807) is 31.3 Å². The highest BCUT2D eigenvalue weighted by molar-refractivity contribution is 7.99. The number of aromatic nitrogens is 2. The molecule has 3 aromatic rings. The van der Waals surface area contributed by atoms with E-state index in [0.29, 0.717) is 25.1 Å². The smallest absolute Gasteiger partial charge is 0.308 e. The second-order valence-corrected chi connectivity index (χ2v) is 9.88. The second-order valence-electron chi connectivity index (χ2n) is 8.71. The molecule has 0 radical (unpaired) electrons. The van der Waals surface area contributed by atoms with Crippen LogP contribution in [0.15, 0.2) is 59.9 Å². The number of rotatable bonds is 10. The Hall–Kier alpha value is -2.68. The van der Waals surface area contributed by atoms with E-state index in [9.17, 15) is 15.0 Å². The normalized spacial score (nSPS) is 19.7. The minimum atomic E-state index is -0.747. The van der Waals surface area contributed by atoms with Crippen LogP contribution < -0.4 is 4.74 Å². The van der Waals surface area contributed by atoms with Gasteiger partial charge in [0.1, 0.15) is 5.75 Å². The second kappa shape index (κ2) is 11.6. The van der Waals surface area contributed by atoms with Crippen LogP contribution in [-0.4, -0.2) is 63.5 Å². The number of methoxy groups -OCH3 is 1. The summed E-state index contributed by atoms with van der Waals surface area (Å²) >= 11 is 1.74. The molecule has 1 aromatic carbocycles. The van der Waals surface area contributed by atoms with Gasteiger partial charge < -0.3 is 19.8 Å². The lowest BCUT2D eigenvalue weighted by Crippen LogP contribution is -2.44. The number of carbonyl (C=O) groups is 1. The molecule has 0 spiro atoms. The van der Waals surface area contributed by atoms with Gasteiger partial charge in [0.25, 0.3) is 0 Å². The number of pyridine rings is 2. The fourth-order valence-corrected chi connectivity index (χ4v) is 5.61. The van der Waals surface area contributed by atoms with Crippen LogP contribution in [0.5, 0.6) is 5.75 Å². The number of carboxylic acids is 1. The molecule has 4 rings (SSSR count). The maximum Gasteiger partial charge on any atom is 0.308 e. The molecule has 1 aliphatic heterocycles. The van der Waals surface area contributed by atoms with E-state index in [2.05, 4.69) is 14.9 Å². The monoisotopic (exact) mass is 481 g/mol. The van der Waals surface area contributed by atoms with Crippen LogP contribution in [0.1, 0.15) is 30.9 Å². The van der Waals surface area contributed by atoms with E-state index in [0.717, 1.165) is 46.6 Å². The molecule has 1 aliphatic rings. The predicted octanol–water partition coefficient (Wildman–Crippen LogP) is 4.27. The number of fused-ring (bicyclic) bond motifs is 1. The maximum atomic E-state index is 12.0. The van der Waals surface area contributed by atoms with Gasteiger partial charge in [0.2, 0.25) is 0 Å². The third-order valence-electron chi connectivity index (χ3n) is 6.62. The maximum absolute atomic E-state index is 12.0. The Morgan fingerprint density at radius 1 is 1.29 bits per heavy atom. The summed E-state index contributed by atoms with van der Waals surface area (Å²) in [7, 11) is 1.61. The molecule has 0 amide bonds. The number of aliphatic hydroxyl groups excluding tert-OH is 1. The average molecular weight is 482 g/mol. The van der Waals surface area contributed by atoms with Crippen LogP contribution in [-0.2, 0) is 4.79 Å². The van der Waals surface area contributed by atoms with Gasteiger partial charge in [-0.2, -0.15) is 0 Å².